The number of anilines is 1. The number of carbonyl (C=O) groups is 2. The lowest BCUT2D eigenvalue weighted by Gasteiger charge is -2.03. The first-order chi connectivity index (χ1) is 8.58. The molecule has 0 saturated heterocycles. The molecule has 0 fully saturated rings. The molecule has 0 aliphatic carbocycles. The molecular weight excluding hydrogens is 236 g/mol. The van der Waals surface area contributed by atoms with Crippen LogP contribution in [0.15, 0.2) is 24.4 Å². The van der Waals surface area contributed by atoms with E-state index in [4.69, 9.17) is 5.11 Å². The zero-order chi connectivity index (χ0) is 13.1. The molecule has 2 heterocycles. The van der Waals surface area contributed by atoms with Crippen molar-refractivity contribution in [2.75, 3.05) is 5.32 Å². The second kappa shape index (κ2) is 4.66. The van der Waals surface area contributed by atoms with Crippen LogP contribution in [0.4, 0.5) is 5.82 Å². The standard InChI is InChI=1S/C11H10N4O3/c1-6-5-8(15-14-6)13-10(16)9-7(11(17)18)3-2-4-12-9/h2-5H,1H3,(H,17,18)(H2,13,14,15,16). The lowest BCUT2D eigenvalue weighted by Crippen LogP contribution is -2.18. The fraction of sp³-hybridized carbons (Fsp3) is 0.0909. The van der Waals surface area contributed by atoms with Crippen molar-refractivity contribution in [3.8, 4) is 0 Å². The number of carboxylic acids is 1. The number of carbonyl (C=O) groups excluding carboxylic acids is 1. The van der Waals surface area contributed by atoms with E-state index in [-0.39, 0.29) is 11.3 Å². The summed E-state index contributed by atoms with van der Waals surface area (Å²) < 4.78 is 0. The van der Waals surface area contributed by atoms with E-state index in [1.165, 1.54) is 18.3 Å². The van der Waals surface area contributed by atoms with Gasteiger partial charge in [-0.3, -0.25) is 14.9 Å². The molecule has 0 saturated carbocycles. The van der Waals surface area contributed by atoms with Gasteiger partial charge in [-0.15, -0.1) is 0 Å². The maximum absolute atomic E-state index is 11.9. The number of aromatic nitrogens is 3. The lowest BCUT2D eigenvalue weighted by molar-refractivity contribution is 0.0691. The normalized spacial score (nSPS) is 10.1. The molecule has 2 aromatic rings. The Labute approximate surface area is 102 Å². The maximum Gasteiger partial charge on any atom is 0.338 e. The van der Waals surface area contributed by atoms with Crippen molar-refractivity contribution < 1.29 is 14.7 Å². The van der Waals surface area contributed by atoms with E-state index in [0.29, 0.717) is 5.82 Å². The van der Waals surface area contributed by atoms with Gasteiger partial charge in [0.1, 0.15) is 5.69 Å². The number of aromatic carboxylic acids is 1. The highest BCUT2D eigenvalue weighted by Crippen LogP contribution is 2.09. The Morgan fingerprint density at radius 1 is 1.44 bits per heavy atom. The number of nitrogens with one attached hydrogen (secondary N) is 2. The zero-order valence-corrected chi connectivity index (χ0v) is 9.47. The summed E-state index contributed by atoms with van der Waals surface area (Å²) >= 11 is 0. The summed E-state index contributed by atoms with van der Waals surface area (Å²) in [6.45, 7) is 1.78. The van der Waals surface area contributed by atoms with Gasteiger partial charge in [0.2, 0.25) is 0 Å². The first-order valence-corrected chi connectivity index (χ1v) is 5.09. The molecule has 0 atom stereocenters. The lowest BCUT2D eigenvalue weighted by atomic mass is 10.2. The van der Waals surface area contributed by atoms with E-state index in [1.54, 1.807) is 13.0 Å². The van der Waals surface area contributed by atoms with Crippen molar-refractivity contribution >= 4 is 17.7 Å². The van der Waals surface area contributed by atoms with Gasteiger partial charge in [0.05, 0.1) is 5.56 Å². The Morgan fingerprint density at radius 2 is 2.22 bits per heavy atom. The van der Waals surface area contributed by atoms with Crippen LogP contribution in [0.2, 0.25) is 0 Å². The van der Waals surface area contributed by atoms with Crippen LogP contribution in [-0.4, -0.2) is 32.2 Å². The minimum Gasteiger partial charge on any atom is -0.478 e. The number of carboxylic acid groups (broad SMARTS) is 1. The minimum atomic E-state index is -1.20. The highest BCUT2D eigenvalue weighted by molar-refractivity contribution is 6.08. The van der Waals surface area contributed by atoms with Gasteiger partial charge in [-0.05, 0) is 19.1 Å². The third-order valence-electron chi connectivity index (χ3n) is 2.20. The second-order valence-electron chi connectivity index (χ2n) is 3.60. The molecule has 0 unspecified atom stereocenters. The number of nitrogens with zero attached hydrogens (tertiary/aromatic N) is 2. The molecule has 7 heteroatoms. The van der Waals surface area contributed by atoms with Crippen LogP contribution in [0.1, 0.15) is 26.5 Å². The molecule has 92 valence electrons. The first kappa shape index (κ1) is 11.8. The van der Waals surface area contributed by atoms with E-state index in [2.05, 4.69) is 20.5 Å². The van der Waals surface area contributed by atoms with Crippen LogP contribution >= 0.6 is 0 Å². The average molecular weight is 246 g/mol. The van der Waals surface area contributed by atoms with E-state index in [1.807, 2.05) is 0 Å². The number of aryl methyl sites for hydroxylation is 1. The van der Waals surface area contributed by atoms with Crippen molar-refractivity contribution in [2.24, 2.45) is 0 Å². The highest BCUT2D eigenvalue weighted by atomic mass is 16.4. The van der Waals surface area contributed by atoms with Gasteiger partial charge in [-0.25, -0.2) is 4.79 Å². The summed E-state index contributed by atoms with van der Waals surface area (Å²) in [6, 6.07) is 4.40. The van der Waals surface area contributed by atoms with Crippen LogP contribution < -0.4 is 5.32 Å². The fourth-order valence-electron chi connectivity index (χ4n) is 1.42. The molecule has 0 aliphatic rings. The molecule has 3 N–H and O–H groups in total. The maximum atomic E-state index is 11.9. The van der Waals surface area contributed by atoms with Crippen molar-refractivity contribution in [1.29, 1.82) is 0 Å². The minimum absolute atomic E-state index is 0.148. The smallest absolute Gasteiger partial charge is 0.338 e. The molecule has 1 amide bonds. The van der Waals surface area contributed by atoms with Gasteiger partial charge in [0, 0.05) is 18.0 Å². The summed E-state index contributed by atoms with van der Waals surface area (Å²) in [5.74, 6) is -1.49. The number of hydrogen-bond acceptors (Lipinski definition) is 4. The summed E-state index contributed by atoms with van der Waals surface area (Å²) in [4.78, 5) is 26.6. The fourth-order valence-corrected chi connectivity index (χ4v) is 1.42. The van der Waals surface area contributed by atoms with Gasteiger partial charge in [0.15, 0.2) is 5.82 Å². The second-order valence-corrected chi connectivity index (χ2v) is 3.60. The van der Waals surface area contributed by atoms with Crippen LogP contribution in [0.25, 0.3) is 0 Å². The van der Waals surface area contributed by atoms with Gasteiger partial charge >= 0.3 is 5.97 Å². The molecule has 0 aromatic carbocycles. The average Bonchev–Trinajstić information content (AvgIpc) is 2.74. The monoisotopic (exact) mass is 246 g/mol. The number of pyridine rings is 1. The third kappa shape index (κ3) is 2.34. The van der Waals surface area contributed by atoms with Crippen LogP contribution in [0, 0.1) is 6.92 Å². The number of H-pyrrole nitrogens is 1. The van der Waals surface area contributed by atoms with Gasteiger partial charge < -0.3 is 10.4 Å². The predicted molar refractivity (Wildman–Crippen MR) is 62.5 cm³/mol. The van der Waals surface area contributed by atoms with Gasteiger partial charge in [0.25, 0.3) is 5.91 Å². The third-order valence-corrected chi connectivity index (χ3v) is 2.20. The molecular formula is C11H10N4O3. The first-order valence-electron chi connectivity index (χ1n) is 5.09. The molecule has 0 bridgehead atoms. The Morgan fingerprint density at radius 3 is 2.83 bits per heavy atom. The predicted octanol–water partition coefficient (Wildman–Crippen LogP) is 1.06. The number of hydrogen-bond donors (Lipinski definition) is 3. The van der Waals surface area contributed by atoms with Crippen LogP contribution in [-0.2, 0) is 0 Å². The number of rotatable bonds is 3. The van der Waals surface area contributed by atoms with Gasteiger partial charge in [-0.2, -0.15) is 5.10 Å². The van der Waals surface area contributed by atoms with Crippen LogP contribution in [0.3, 0.4) is 0 Å². The number of amides is 1. The van der Waals surface area contributed by atoms with E-state index in [0.717, 1.165) is 5.69 Å². The summed E-state index contributed by atoms with van der Waals surface area (Å²) in [5.41, 5.74) is 0.484. The van der Waals surface area contributed by atoms with Gasteiger partial charge in [-0.1, -0.05) is 0 Å². The van der Waals surface area contributed by atoms with Crippen molar-refractivity contribution in [3.63, 3.8) is 0 Å². The van der Waals surface area contributed by atoms with Crippen molar-refractivity contribution in [1.82, 2.24) is 15.2 Å². The summed E-state index contributed by atoms with van der Waals surface area (Å²) in [6.07, 6.45) is 1.36. The van der Waals surface area contributed by atoms with E-state index >= 15 is 0 Å². The molecule has 2 aromatic heterocycles. The molecule has 7 nitrogen and oxygen atoms in total. The Balaban J connectivity index is 2.26. The zero-order valence-electron chi connectivity index (χ0n) is 9.47. The van der Waals surface area contributed by atoms with Crippen LogP contribution in [0.5, 0.6) is 0 Å². The molecule has 0 spiro atoms. The largest absolute Gasteiger partial charge is 0.478 e. The number of aromatic amines is 1. The summed E-state index contributed by atoms with van der Waals surface area (Å²) in [7, 11) is 0. The topological polar surface area (TPSA) is 108 Å². The molecule has 0 aliphatic heterocycles. The Kier molecular flexibility index (Phi) is 3.05. The summed E-state index contributed by atoms with van der Waals surface area (Å²) in [5, 5.41) is 17.9. The SMILES string of the molecule is Cc1cc(NC(=O)c2ncccc2C(=O)O)n[nH]1. The Bertz CT molecular complexity index is 606. The Hall–Kier alpha value is -2.70. The molecule has 2 rings (SSSR count). The van der Waals surface area contributed by atoms with Crippen molar-refractivity contribution in [2.45, 2.75) is 6.92 Å². The van der Waals surface area contributed by atoms with E-state index < -0.39 is 11.9 Å². The quantitative estimate of drug-likeness (QED) is 0.750. The molecule has 18 heavy (non-hydrogen) atoms. The van der Waals surface area contributed by atoms with Crippen molar-refractivity contribution in [3.05, 3.63) is 41.3 Å². The van der Waals surface area contributed by atoms with E-state index in [9.17, 15) is 9.59 Å². The molecule has 0 radical (unpaired) electrons. The highest BCUT2D eigenvalue weighted by Gasteiger charge is 2.18.